The quantitative estimate of drug-likeness (QED) is 0.482. The van der Waals surface area contributed by atoms with Gasteiger partial charge in [0.25, 0.3) is 0 Å². The number of nitrogens with one attached hydrogen (secondary N) is 1. The smallest absolute Gasteiger partial charge is 0.153 e. The number of aromatic nitrogens is 2. The van der Waals surface area contributed by atoms with Crippen LogP contribution >= 0.6 is 0 Å². The van der Waals surface area contributed by atoms with Gasteiger partial charge in [-0.15, -0.1) is 0 Å². The van der Waals surface area contributed by atoms with Crippen LogP contribution in [0.25, 0.3) is 10.9 Å². The number of hydrogen-bond donors (Lipinski definition) is 3. The summed E-state index contributed by atoms with van der Waals surface area (Å²) < 4.78 is 0. The predicted octanol–water partition coefficient (Wildman–Crippen LogP) is 0.727. The van der Waals surface area contributed by atoms with Crippen LogP contribution in [-0.4, -0.2) is 10.2 Å². The summed E-state index contributed by atoms with van der Waals surface area (Å²) in [6.07, 6.45) is 0. The van der Waals surface area contributed by atoms with Crippen LogP contribution in [-0.2, 0) is 0 Å². The molecule has 2 rings (SSSR count). The Hall–Kier alpha value is -1.71. The van der Waals surface area contributed by atoms with Crippen molar-refractivity contribution in [1.29, 1.82) is 0 Å². The Bertz CT molecular complexity index is 390. The average molecular weight is 148 g/mol. The SMILES string of the molecule is Nc1n[nH]c2c(N)cccc12. The molecule has 1 heterocycles. The number of hydrogen-bond acceptors (Lipinski definition) is 3. The van der Waals surface area contributed by atoms with Crippen molar-refractivity contribution in [2.75, 3.05) is 11.5 Å². The van der Waals surface area contributed by atoms with Gasteiger partial charge in [0.05, 0.1) is 11.2 Å². The third kappa shape index (κ3) is 0.724. The van der Waals surface area contributed by atoms with E-state index in [1.165, 1.54) is 0 Å². The van der Waals surface area contributed by atoms with Crippen LogP contribution in [0.5, 0.6) is 0 Å². The van der Waals surface area contributed by atoms with E-state index in [2.05, 4.69) is 10.2 Å². The van der Waals surface area contributed by atoms with Gasteiger partial charge in [-0.05, 0) is 12.1 Å². The van der Waals surface area contributed by atoms with Gasteiger partial charge in [-0.3, -0.25) is 5.10 Å². The second-order valence-corrected chi connectivity index (χ2v) is 2.38. The third-order valence-electron chi connectivity index (χ3n) is 1.66. The molecule has 0 radical (unpaired) electrons. The minimum atomic E-state index is 0.493. The zero-order chi connectivity index (χ0) is 7.84. The molecule has 0 saturated heterocycles. The minimum Gasteiger partial charge on any atom is -0.397 e. The largest absolute Gasteiger partial charge is 0.397 e. The van der Waals surface area contributed by atoms with Crippen molar-refractivity contribution in [1.82, 2.24) is 10.2 Å². The van der Waals surface area contributed by atoms with Crippen LogP contribution in [0.4, 0.5) is 11.5 Å². The second-order valence-electron chi connectivity index (χ2n) is 2.38. The maximum absolute atomic E-state index is 5.64. The molecule has 5 N–H and O–H groups in total. The monoisotopic (exact) mass is 148 g/mol. The van der Waals surface area contributed by atoms with E-state index in [0.29, 0.717) is 11.5 Å². The summed E-state index contributed by atoms with van der Waals surface area (Å²) >= 11 is 0. The minimum absolute atomic E-state index is 0.493. The molecule has 0 bridgehead atoms. The van der Waals surface area contributed by atoms with Crippen molar-refractivity contribution < 1.29 is 0 Å². The Kier molecular flexibility index (Phi) is 1.03. The first kappa shape index (κ1) is 6.03. The summed E-state index contributed by atoms with van der Waals surface area (Å²) in [6.45, 7) is 0. The highest BCUT2D eigenvalue weighted by Crippen LogP contribution is 2.21. The van der Waals surface area contributed by atoms with Crippen molar-refractivity contribution in [2.24, 2.45) is 0 Å². The first-order chi connectivity index (χ1) is 5.29. The molecule has 56 valence electrons. The molecule has 4 heteroatoms. The normalized spacial score (nSPS) is 10.5. The third-order valence-corrected chi connectivity index (χ3v) is 1.66. The Morgan fingerprint density at radius 1 is 1.27 bits per heavy atom. The Labute approximate surface area is 63.2 Å². The molecular weight excluding hydrogens is 140 g/mol. The van der Waals surface area contributed by atoms with Crippen LogP contribution in [0.3, 0.4) is 0 Å². The van der Waals surface area contributed by atoms with Gasteiger partial charge < -0.3 is 11.5 Å². The number of anilines is 2. The van der Waals surface area contributed by atoms with E-state index in [1.807, 2.05) is 12.1 Å². The highest BCUT2D eigenvalue weighted by Gasteiger charge is 2.02. The molecule has 1 aromatic carbocycles. The highest BCUT2D eigenvalue weighted by atomic mass is 15.2. The van der Waals surface area contributed by atoms with E-state index in [4.69, 9.17) is 11.5 Å². The summed E-state index contributed by atoms with van der Waals surface area (Å²) in [5.41, 5.74) is 12.7. The van der Waals surface area contributed by atoms with Gasteiger partial charge in [0.1, 0.15) is 0 Å². The second kappa shape index (κ2) is 1.88. The first-order valence-corrected chi connectivity index (χ1v) is 3.27. The lowest BCUT2D eigenvalue weighted by molar-refractivity contribution is 1.13. The van der Waals surface area contributed by atoms with Gasteiger partial charge in [0.15, 0.2) is 5.82 Å². The number of benzene rings is 1. The molecule has 2 aromatic rings. The van der Waals surface area contributed by atoms with E-state index in [-0.39, 0.29) is 0 Å². The molecule has 0 unspecified atom stereocenters. The number of nitrogens with two attached hydrogens (primary N) is 2. The highest BCUT2D eigenvalue weighted by molar-refractivity contribution is 5.95. The summed E-state index contributed by atoms with van der Waals surface area (Å²) in [6, 6.07) is 5.54. The Morgan fingerprint density at radius 2 is 2.09 bits per heavy atom. The van der Waals surface area contributed by atoms with Crippen molar-refractivity contribution in [2.45, 2.75) is 0 Å². The van der Waals surface area contributed by atoms with Gasteiger partial charge >= 0.3 is 0 Å². The number of nitrogen functional groups attached to an aromatic ring is 2. The maximum Gasteiger partial charge on any atom is 0.153 e. The molecule has 4 nitrogen and oxygen atoms in total. The fourth-order valence-corrected chi connectivity index (χ4v) is 1.08. The van der Waals surface area contributed by atoms with Gasteiger partial charge in [-0.2, -0.15) is 5.10 Å². The summed E-state index contributed by atoms with van der Waals surface area (Å²) in [4.78, 5) is 0. The first-order valence-electron chi connectivity index (χ1n) is 3.27. The lowest BCUT2D eigenvalue weighted by Gasteiger charge is -1.92. The van der Waals surface area contributed by atoms with Crippen molar-refractivity contribution in [3.05, 3.63) is 18.2 Å². The number of para-hydroxylation sites is 1. The van der Waals surface area contributed by atoms with Gasteiger partial charge in [-0.25, -0.2) is 0 Å². The Morgan fingerprint density at radius 3 is 2.82 bits per heavy atom. The summed E-state index contributed by atoms with van der Waals surface area (Å²) in [5, 5.41) is 7.47. The molecule has 0 spiro atoms. The average Bonchev–Trinajstić information content (AvgIpc) is 2.35. The predicted molar refractivity (Wildman–Crippen MR) is 44.9 cm³/mol. The lowest BCUT2D eigenvalue weighted by Crippen LogP contribution is -1.85. The number of fused-ring (bicyclic) bond motifs is 1. The van der Waals surface area contributed by atoms with E-state index in [0.717, 1.165) is 10.9 Å². The van der Waals surface area contributed by atoms with Crippen LogP contribution < -0.4 is 11.5 Å². The fraction of sp³-hybridized carbons (Fsp3) is 0. The molecule has 0 saturated carbocycles. The molecule has 0 aliphatic rings. The molecule has 0 atom stereocenters. The lowest BCUT2D eigenvalue weighted by atomic mass is 10.2. The van der Waals surface area contributed by atoms with Gasteiger partial charge in [0.2, 0.25) is 0 Å². The Balaban J connectivity index is 2.94. The van der Waals surface area contributed by atoms with E-state index >= 15 is 0 Å². The molecule has 0 aliphatic heterocycles. The van der Waals surface area contributed by atoms with Crippen molar-refractivity contribution >= 4 is 22.4 Å². The van der Waals surface area contributed by atoms with Crippen molar-refractivity contribution in [3.8, 4) is 0 Å². The van der Waals surface area contributed by atoms with E-state index < -0.39 is 0 Å². The molecule has 0 aliphatic carbocycles. The standard InChI is InChI=1S/C7H8N4/c8-5-3-1-2-4-6(5)10-11-7(4)9/h1-3H,8H2,(H3,9,10,11). The molecule has 11 heavy (non-hydrogen) atoms. The van der Waals surface area contributed by atoms with E-state index in [9.17, 15) is 0 Å². The maximum atomic E-state index is 5.64. The topological polar surface area (TPSA) is 80.7 Å². The van der Waals surface area contributed by atoms with Crippen LogP contribution in [0.2, 0.25) is 0 Å². The number of rotatable bonds is 0. The summed E-state index contributed by atoms with van der Waals surface area (Å²) in [7, 11) is 0. The van der Waals surface area contributed by atoms with Crippen LogP contribution in [0.15, 0.2) is 18.2 Å². The zero-order valence-corrected chi connectivity index (χ0v) is 5.83. The van der Waals surface area contributed by atoms with Crippen LogP contribution in [0, 0.1) is 0 Å². The summed E-state index contributed by atoms with van der Waals surface area (Å²) in [5.74, 6) is 0.493. The molecule has 1 aromatic heterocycles. The number of aromatic amines is 1. The van der Waals surface area contributed by atoms with Gasteiger partial charge in [-0.1, -0.05) is 6.07 Å². The molecule has 0 fully saturated rings. The zero-order valence-electron chi connectivity index (χ0n) is 5.83. The molecular formula is C7H8N4. The number of H-pyrrole nitrogens is 1. The van der Waals surface area contributed by atoms with E-state index in [1.54, 1.807) is 6.07 Å². The fourth-order valence-electron chi connectivity index (χ4n) is 1.08. The van der Waals surface area contributed by atoms with Crippen molar-refractivity contribution in [3.63, 3.8) is 0 Å². The number of nitrogens with zero attached hydrogens (tertiary/aromatic N) is 1. The van der Waals surface area contributed by atoms with Gasteiger partial charge in [0, 0.05) is 5.39 Å². The molecule has 0 amide bonds. The van der Waals surface area contributed by atoms with Crippen LogP contribution in [0.1, 0.15) is 0 Å².